The van der Waals surface area contributed by atoms with E-state index in [2.05, 4.69) is 10.0 Å². The smallest absolute Gasteiger partial charge is 0.262 e. The zero-order valence-corrected chi connectivity index (χ0v) is 18.4. The number of hydrogen-bond acceptors (Lipinski definition) is 4. The van der Waals surface area contributed by atoms with Gasteiger partial charge in [0.15, 0.2) is 0 Å². The molecule has 0 unspecified atom stereocenters. The topological polar surface area (TPSA) is 95.6 Å². The Morgan fingerprint density at radius 2 is 1.76 bits per heavy atom. The number of rotatable bonds is 7. The summed E-state index contributed by atoms with van der Waals surface area (Å²) >= 11 is 0. The molecule has 0 atom stereocenters. The second-order valence-electron chi connectivity index (χ2n) is 7.61. The Bertz CT molecular complexity index is 1290. The van der Waals surface area contributed by atoms with Crippen LogP contribution in [0.3, 0.4) is 0 Å². The van der Waals surface area contributed by atoms with Gasteiger partial charge in [0.2, 0.25) is 5.91 Å². The van der Waals surface area contributed by atoms with Gasteiger partial charge < -0.3 is 10.2 Å². The van der Waals surface area contributed by atoms with Crippen LogP contribution < -0.4 is 14.9 Å². The molecule has 33 heavy (non-hydrogen) atoms. The lowest BCUT2D eigenvalue weighted by molar-refractivity contribution is -0.117. The number of nitrogens with one attached hydrogen (secondary N) is 2. The third-order valence-corrected chi connectivity index (χ3v) is 6.66. The molecule has 9 heteroatoms. The quantitative estimate of drug-likeness (QED) is 0.554. The van der Waals surface area contributed by atoms with E-state index < -0.39 is 21.7 Å². The summed E-state index contributed by atoms with van der Waals surface area (Å²) in [6, 6.07) is 18.3. The fourth-order valence-electron chi connectivity index (χ4n) is 3.55. The van der Waals surface area contributed by atoms with Crippen molar-refractivity contribution in [3.05, 3.63) is 89.7 Å². The van der Waals surface area contributed by atoms with E-state index in [1.54, 1.807) is 4.90 Å². The van der Waals surface area contributed by atoms with Crippen LogP contribution in [0.2, 0.25) is 0 Å². The average Bonchev–Trinajstić information content (AvgIpc) is 3.25. The molecule has 4 rings (SSSR count). The lowest BCUT2D eigenvalue weighted by Gasteiger charge is -2.16. The maximum Gasteiger partial charge on any atom is 0.262 e. The minimum Gasteiger partial charge on any atom is -0.348 e. The molecular formula is C24H22FN3O4S. The van der Waals surface area contributed by atoms with Gasteiger partial charge in [0.25, 0.3) is 15.9 Å². The van der Waals surface area contributed by atoms with Gasteiger partial charge in [-0.15, -0.1) is 0 Å². The molecule has 170 valence electrons. The van der Waals surface area contributed by atoms with Crippen molar-refractivity contribution >= 4 is 33.2 Å². The molecular weight excluding hydrogens is 445 g/mol. The van der Waals surface area contributed by atoms with Crippen molar-refractivity contribution in [1.29, 1.82) is 0 Å². The zero-order chi connectivity index (χ0) is 23.4. The second-order valence-corrected chi connectivity index (χ2v) is 9.29. The molecule has 3 aromatic carbocycles. The Morgan fingerprint density at radius 3 is 2.45 bits per heavy atom. The normalized spacial score (nSPS) is 13.7. The highest BCUT2D eigenvalue weighted by Crippen LogP contribution is 2.22. The summed E-state index contributed by atoms with van der Waals surface area (Å²) in [4.78, 5) is 26.0. The Morgan fingerprint density at radius 1 is 1.00 bits per heavy atom. The van der Waals surface area contributed by atoms with E-state index in [4.69, 9.17) is 0 Å². The predicted octanol–water partition coefficient (Wildman–Crippen LogP) is 3.68. The number of sulfonamides is 1. The molecule has 3 aromatic rings. The second kappa shape index (κ2) is 9.41. The summed E-state index contributed by atoms with van der Waals surface area (Å²) in [5.41, 5.74) is 1.65. The van der Waals surface area contributed by atoms with Crippen molar-refractivity contribution in [3.63, 3.8) is 0 Å². The molecule has 0 radical (unpaired) electrons. The monoisotopic (exact) mass is 467 g/mol. The summed E-state index contributed by atoms with van der Waals surface area (Å²) in [5.74, 6) is -1.04. The molecule has 2 N–H and O–H groups in total. The SMILES string of the molecule is O=C(NCc1ccc(N2CCCC2=O)cc1)c1cccc(S(=O)(=O)Nc2ccccc2F)c1. The van der Waals surface area contributed by atoms with Gasteiger partial charge in [-0.25, -0.2) is 12.8 Å². The molecule has 0 aliphatic carbocycles. The van der Waals surface area contributed by atoms with E-state index in [0.29, 0.717) is 13.0 Å². The van der Waals surface area contributed by atoms with Gasteiger partial charge >= 0.3 is 0 Å². The van der Waals surface area contributed by atoms with Gasteiger partial charge in [-0.2, -0.15) is 0 Å². The van der Waals surface area contributed by atoms with Gasteiger partial charge in [0.1, 0.15) is 5.82 Å². The molecule has 0 bridgehead atoms. The molecule has 2 amide bonds. The van der Waals surface area contributed by atoms with Crippen LogP contribution in [0.1, 0.15) is 28.8 Å². The zero-order valence-electron chi connectivity index (χ0n) is 17.6. The van der Waals surface area contributed by atoms with Crippen molar-refractivity contribution in [2.75, 3.05) is 16.2 Å². The van der Waals surface area contributed by atoms with Crippen molar-refractivity contribution in [2.45, 2.75) is 24.3 Å². The lowest BCUT2D eigenvalue weighted by atomic mass is 10.1. The Balaban J connectivity index is 1.41. The Kier molecular flexibility index (Phi) is 6.41. The van der Waals surface area contributed by atoms with Crippen LogP contribution in [-0.2, 0) is 21.4 Å². The Labute approximate surface area is 191 Å². The maximum atomic E-state index is 13.8. The van der Waals surface area contributed by atoms with Crippen LogP contribution in [0.15, 0.2) is 77.7 Å². The highest BCUT2D eigenvalue weighted by atomic mass is 32.2. The molecule has 0 aromatic heterocycles. The lowest BCUT2D eigenvalue weighted by Crippen LogP contribution is -2.24. The van der Waals surface area contributed by atoms with Crippen molar-refractivity contribution in [3.8, 4) is 0 Å². The minimum atomic E-state index is -4.08. The van der Waals surface area contributed by atoms with Crippen molar-refractivity contribution in [1.82, 2.24) is 5.32 Å². The third-order valence-electron chi connectivity index (χ3n) is 5.30. The Hall–Kier alpha value is -3.72. The third kappa shape index (κ3) is 5.20. The van der Waals surface area contributed by atoms with Crippen LogP contribution in [0.4, 0.5) is 15.8 Å². The highest BCUT2D eigenvalue weighted by molar-refractivity contribution is 7.92. The number of amides is 2. The van der Waals surface area contributed by atoms with Gasteiger partial charge in [0.05, 0.1) is 10.6 Å². The standard InChI is InChI=1S/C24H22FN3O4S/c25-21-7-1-2-8-22(21)27-33(31,32)20-6-3-5-18(15-20)24(30)26-16-17-10-12-19(13-11-17)28-14-4-9-23(28)29/h1-3,5-8,10-13,15,27H,4,9,14,16H2,(H,26,30). The molecule has 1 fully saturated rings. The summed E-state index contributed by atoms with van der Waals surface area (Å²) in [6.45, 7) is 0.942. The number of carbonyl (C=O) groups excluding carboxylic acids is 2. The number of halogens is 1. The fraction of sp³-hybridized carbons (Fsp3) is 0.167. The molecule has 7 nitrogen and oxygen atoms in total. The fourth-order valence-corrected chi connectivity index (χ4v) is 4.66. The summed E-state index contributed by atoms with van der Waals surface area (Å²) in [5, 5.41) is 2.76. The molecule has 1 heterocycles. The number of anilines is 2. The number of benzene rings is 3. The molecule has 1 aliphatic heterocycles. The van der Waals surface area contributed by atoms with Crippen molar-refractivity contribution in [2.24, 2.45) is 0 Å². The van der Waals surface area contributed by atoms with Crippen LogP contribution in [-0.4, -0.2) is 26.8 Å². The van der Waals surface area contributed by atoms with E-state index in [1.807, 2.05) is 24.3 Å². The minimum absolute atomic E-state index is 0.107. The molecule has 0 spiro atoms. The van der Waals surface area contributed by atoms with Gasteiger partial charge in [0, 0.05) is 30.8 Å². The molecule has 0 saturated carbocycles. The first-order valence-corrected chi connectivity index (χ1v) is 11.9. The van der Waals surface area contributed by atoms with Crippen LogP contribution in [0.5, 0.6) is 0 Å². The predicted molar refractivity (Wildman–Crippen MR) is 123 cm³/mol. The number of nitrogens with zero attached hydrogens (tertiary/aromatic N) is 1. The van der Waals surface area contributed by atoms with Gasteiger partial charge in [-0.05, 0) is 54.4 Å². The van der Waals surface area contributed by atoms with Gasteiger partial charge in [-0.3, -0.25) is 14.3 Å². The molecule has 1 aliphatic rings. The van der Waals surface area contributed by atoms with E-state index >= 15 is 0 Å². The van der Waals surface area contributed by atoms with E-state index in [-0.39, 0.29) is 28.6 Å². The van der Waals surface area contributed by atoms with Crippen LogP contribution >= 0.6 is 0 Å². The summed E-state index contributed by atoms with van der Waals surface area (Å²) in [6.07, 6.45) is 1.41. The van der Waals surface area contributed by atoms with E-state index in [1.165, 1.54) is 42.5 Å². The first-order chi connectivity index (χ1) is 15.8. The first-order valence-electron chi connectivity index (χ1n) is 10.4. The number of para-hydroxylation sites is 1. The van der Waals surface area contributed by atoms with E-state index in [0.717, 1.165) is 23.7 Å². The summed E-state index contributed by atoms with van der Waals surface area (Å²) in [7, 11) is -4.08. The van der Waals surface area contributed by atoms with Crippen LogP contribution in [0, 0.1) is 5.82 Å². The van der Waals surface area contributed by atoms with Gasteiger partial charge in [-0.1, -0.05) is 30.3 Å². The maximum absolute atomic E-state index is 13.8. The summed E-state index contributed by atoms with van der Waals surface area (Å²) < 4.78 is 41.3. The largest absolute Gasteiger partial charge is 0.348 e. The number of carbonyl (C=O) groups is 2. The average molecular weight is 468 g/mol. The first kappa shape index (κ1) is 22.5. The molecule has 1 saturated heterocycles. The van der Waals surface area contributed by atoms with Crippen molar-refractivity contribution < 1.29 is 22.4 Å². The number of hydrogen-bond donors (Lipinski definition) is 2. The highest BCUT2D eigenvalue weighted by Gasteiger charge is 2.21. The van der Waals surface area contributed by atoms with E-state index in [9.17, 15) is 22.4 Å². The van der Waals surface area contributed by atoms with Crippen LogP contribution in [0.25, 0.3) is 0 Å².